The molecule has 1 aromatic heterocycles. The summed E-state index contributed by atoms with van der Waals surface area (Å²) in [4.78, 5) is 62.5. The molecule has 6 atom stereocenters. The van der Waals surface area contributed by atoms with Crippen LogP contribution in [0.1, 0.15) is 71.3 Å². The highest BCUT2D eigenvalue weighted by atomic mass is 16.6. The summed E-state index contributed by atoms with van der Waals surface area (Å²) in [5, 5.41) is 14.2. The first-order valence-electron chi connectivity index (χ1n) is 16.7. The Balaban J connectivity index is 1.26. The quantitative estimate of drug-likeness (QED) is 0.369. The van der Waals surface area contributed by atoms with Crippen molar-refractivity contribution in [2.75, 3.05) is 19.6 Å². The van der Waals surface area contributed by atoms with E-state index < -0.39 is 40.9 Å². The van der Waals surface area contributed by atoms with E-state index in [0.29, 0.717) is 39.0 Å². The van der Waals surface area contributed by atoms with Crippen LogP contribution >= 0.6 is 0 Å². The lowest BCUT2D eigenvalue weighted by Crippen LogP contribution is -2.56. The number of aromatic nitrogens is 1. The van der Waals surface area contributed by atoms with Crippen molar-refractivity contribution in [3.8, 4) is 0 Å². The van der Waals surface area contributed by atoms with Crippen LogP contribution in [0.3, 0.4) is 0 Å². The van der Waals surface area contributed by atoms with E-state index in [-0.39, 0.29) is 30.1 Å². The predicted octanol–water partition coefficient (Wildman–Crippen LogP) is 4.32. The first-order valence-corrected chi connectivity index (χ1v) is 16.7. The Labute approximate surface area is 270 Å². The van der Waals surface area contributed by atoms with Gasteiger partial charge in [-0.15, -0.1) is 0 Å². The number of para-hydroxylation sites is 1. The van der Waals surface area contributed by atoms with Gasteiger partial charge >= 0.3 is 11.9 Å². The Morgan fingerprint density at radius 3 is 2.70 bits per heavy atom. The van der Waals surface area contributed by atoms with Crippen LogP contribution in [0.15, 0.2) is 48.7 Å². The lowest BCUT2D eigenvalue weighted by atomic mass is 9.92. The highest BCUT2D eigenvalue weighted by Crippen LogP contribution is 2.46. The topological polar surface area (TPSA) is 129 Å². The molecule has 10 heteroatoms. The van der Waals surface area contributed by atoms with Crippen molar-refractivity contribution in [3.05, 3.63) is 54.2 Å². The SMILES string of the molecule is CC(C)(C)OC(=O)C[C@@H]1CCCCC/C=C\[C@@H]2C[C@@]2(C(=O)O)NC(=O)[C@@H]2[C@H]3CN(Cc4cnc5ccccc5c4)C[C@H]3CN2C1=O. The number of carboxylic acids is 1. The molecule has 10 nitrogen and oxygen atoms in total. The molecule has 2 saturated heterocycles. The largest absolute Gasteiger partial charge is 0.479 e. The van der Waals surface area contributed by atoms with Gasteiger partial charge in [0, 0.05) is 55.5 Å². The Hall–Kier alpha value is -3.79. The molecule has 2 aromatic rings. The van der Waals surface area contributed by atoms with Crippen LogP contribution in [0, 0.1) is 23.7 Å². The van der Waals surface area contributed by atoms with Crippen LogP contribution in [0.25, 0.3) is 10.9 Å². The maximum absolute atomic E-state index is 14.3. The van der Waals surface area contributed by atoms with Crippen molar-refractivity contribution in [1.82, 2.24) is 20.1 Å². The number of benzene rings is 1. The zero-order valence-corrected chi connectivity index (χ0v) is 27.1. The Bertz CT molecular complexity index is 1530. The third kappa shape index (κ3) is 6.82. The minimum absolute atomic E-state index is 0.0432. The summed E-state index contributed by atoms with van der Waals surface area (Å²) in [7, 11) is 0. The molecule has 0 bridgehead atoms. The Kier molecular flexibility index (Phi) is 8.93. The smallest absolute Gasteiger partial charge is 0.330 e. The number of pyridine rings is 1. The van der Waals surface area contributed by atoms with Gasteiger partial charge in [0.1, 0.15) is 17.2 Å². The summed E-state index contributed by atoms with van der Waals surface area (Å²) < 4.78 is 5.60. The summed E-state index contributed by atoms with van der Waals surface area (Å²) in [6, 6.07) is 9.32. The number of amides is 2. The Morgan fingerprint density at radius 2 is 1.91 bits per heavy atom. The fourth-order valence-electron chi connectivity index (χ4n) is 7.77. The van der Waals surface area contributed by atoms with Crippen LogP contribution < -0.4 is 5.32 Å². The number of carbonyl (C=O) groups excluding carboxylic acids is 3. The monoisotopic (exact) mass is 630 g/mol. The molecule has 2 amide bonds. The molecule has 1 aliphatic carbocycles. The molecular formula is C36H46N4O6. The third-order valence-corrected chi connectivity index (χ3v) is 10.1. The molecular weight excluding hydrogens is 584 g/mol. The number of likely N-dealkylation sites (tertiary alicyclic amines) is 1. The number of aliphatic carboxylic acids is 1. The zero-order valence-electron chi connectivity index (χ0n) is 27.1. The number of fused-ring (bicyclic) bond motifs is 5. The van der Waals surface area contributed by atoms with Crippen molar-refractivity contribution >= 4 is 34.7 Å². The molecule has 2 N–H and O–H groups in total. The summed E-state index contributed by atoms with van der Waals surface area (Å²) in [6.07, 6.45) is 10.0. The molecule has 0 spiro atoms. The van der Waals surface area contributed by atoms with Crippen LogP contribution in [-0.2, 0) is 30.5 Å². The van der Waals surface area contributed by atoms with Crippen molar-refractivity contribution in [1.29, 1.82) is 0 Å². The second-order valence-corrected chi connectivity index (χ2v) is 14.7. The minimum Gasteiger partial charge on any atom is -0.479 e. The second kappa shape index (κ2) is 12.8. The van der Waals surface area contributed by atoms with E-state index in [9.17, 15) is 24.3 Å². The highest BCUT2D eigenvalue weighted by Gasteiger charge is 2.62. The molecule has 3 fully saturated rings. The van der Waals surface area contributed by atoms with E-state index in [4.69, 9.17) is 4.74 Å². The third-order valence-electron chi connectivity index (χ3n) is 10.1. The van der Waals surface area contributed by atoms with Crippen molar-refractivity contribution in [2.24, 2.45) is 23.7 Å². The summed E-state index contributed by atoms with van der Waals surface area (Å²) >= 11 is 0. The van der Waals surface area contributed by atoms with Crippen molar-refractivity contribution in [2.45, 2.75) is 89.4 Å². The molecule has 3 aliphatic heterocycles. The molecule has 1 aromatic carbocycles. The van der Waals surface area contributed by atoms with E-state index in [2.05, 4.69) is 21.3 Å². The van der Waals surface area contributed by atoms with Gasteiger partial charge in [0.25, 0.3) is 0 Å². The molecule has 4 heterocycles. The fraction of sp³-hybridized carbons (Fsp3) is 0.583. The van der Waals surface area contributed by atoms with Gasteiger partial charge < -0.3 is 20.1 Å². The number of allylic oxidation sites excluding steroid dienone is 1. The van der Waals surface area contributed by atoms with E-state index in [0.717, 1.165) is 42.1 Å². The predicted molar refractivity (Wildman–Crippen MR) is 172 cm³/mol. The number of rotatable bonds is 5. The molecule has 4 aliphatic rings. The van der Waals surface area contributed by atoms with Crippen LogP contribution in [0.2, 0.25) is 0 Å². The van der Waals surface area contributed by atoms with Gasteiger partial charge in [0.05, 0.1) is 11.9 Å². The molecule has 6 rings (SSSR count). The number of ether oxygens (including phenoxy) is 1. The van der Waals surface area contributed by atoms with Crippen LogP contribution in [0.4, 0.5) is 0 Å². The van der Waals surface area contributed by atoms with E-state index in [1.54, 1.807) is 4.90 Å². The van der Waals surface area contributed by atoms with Crippen molar-refractivity contribution in [3.63, 3.8) is 0 Å². The van der Waals surface area contributed by atoms with E-state index >= 15 is 0 Å². The molecule has 0 radical (unpaired) electrons. The molecule has 46 heavy (non-hydrogen) atoms. The standard InChI is InChI=1S/C36H46N4O6/c1-35(2,3)46-30(41)16-25-12-7-5-4-6-8-13-27-17-36(27,34(44)45)38-32(42)31-28-22-39(20-26(28)21-40(31)33(25)43)19-23-15-24-11-9-10-14-29(24)37-18-23/h8-11,13-15,18,25-28,31H,4-7,12,16-17,19-22H2,1-3H3,(H,38,42)(H,44,45)/b13-8-/t25-,26-,27+,28-,31-,36+/m0/s1. The number of hydrogen-bond acceptors (Lipinski definition) is 7. The number of hydrogen-bond donors (Lipinski definition) is 2. The van der Waals surface area contributed by atoms with Crippen LogP contribution in [0.5, 0.6) is 0 Å². The van der Waals surface area contributed by atoms with Gasteiger partial charge in [-0.3, -0.25) is 24.3 Å². The van der Waals surface area contributed by atoms with Gasteiger partial charge in [-0.2, -0.15) is 0 Å². The second-order valence-electron chi connectivity index (χ2n) is 14.7. The van der Waals surface area contributed by atoms with E-state index in [1.807, 2.05) is 63.4 Å². The molecule has 1 saturated carbocycles. The van der Waals surface area contributed by atoms with Gasteiger partial charge in [-0.05, 0) is 70.1 Å². The van der Waals surface area contributed by atoms with Crippen LogP contribution in [-0.4, -0.2) is 80.5 Å². The number of esters is 1. The van der Waals surface area contributed by atoms with E-state index in [1.165, 1.54) is 0 Å². The molecule has 246 valence electrons. The first kappa shape index (κ1) is 32.2. The minimum atomic E-state index is -1.36. The average Bonchev–Trinajstić information content (AvgIpc) is 3.37. The Morgan fingerprint density at radius 1 is 1.11 bits per heavy atom. The normalized spacial score (nSPS) is 31.2. The summed E-state index contributed by atoms with van der Waals surface area (Å²) in [5.74, 6) is -3.10. The van der Waals surface area contributed by atoms with Gasteiger partial charge in [-0.1, -0.05) is 43.2 Å². The maximum Gasteiger partial charge on any atom is 0.330 e. The number of carboxylic acid groups (broad SMARTS) is 1. The summed E-state index contributed by atoms with van der Waals surface area (Å²) in [5.41, 5.74) is -0.0127. The van der Waals surface area contributed by atoms with Gasteiger partial charge in [-0.25, -0.2) is 4.79 Å². The summed E-state index contributed by atoms with van der Waals surface area (Å²) in [6.45, 7) is 7.78. The van der Waals surface area contributed by atoms with Crippen molar-refractivity contribution < 1.29 is 29.0 Å². The maximum atomic E-state index is 14.3. The molecule has 0 unspecified atom stereocenters. The lowest BCUT2D eigenvalue weighted by molar-refractivity contribution is -0.159. The number of nitrogens with one attached hydrogen (secondary N) is 1. The zero-order chi connectivity index (χ0) is 32.6. The number of carbonyl (C=O) groups is 4. The number of nitrogens with zero attached hydrogens (tertiary/aromatic N) is 3. The van der Waals surface area contributed by atoms with Gasteiger partial charge in [0.2, 0.25) is 11.8 Å². The lowest BCUT2D eigenvalue weighted by Gasteiger charge is -2.32. The average molecular weight is 631 g/mol. The first-order chi connectivity index (χ1) is 21.9. The fourth-order valence-corrected chi connectivity index (χ4v) is 7.77. The highest BCUT2D eigenvalue weighted by molar-refractivity contribution is 5.96. The van der Waals surface area contributed by atoms with Gasteiger partial charge in [0.15, 0.2) is 0 Å².